The van der Waals surface area contributed by atoms with Crippen LogP contribution in [0.5, 0.6) is 0 Å². The lowest BCUT2D eigenvalue weighted by Crippen LogP contribution is -2.21. The summed E-state index contributed by atoms with van der Waals surface area (Å²) in [5.74, 6) is -0.888. The monoisotopic (exact) mass is 502 g/mol. The van der Waals surface area contributed by atoms with Crippen LogP contribution in [0.3, 0.4) is 0 Å². The summed E-state index contributed by atoms with van der Waals surface area (Å²) in [6.45, 7) is -0.227. The SMILES string of the molecule is O=C(Cn1nc(C(F)F)c(Br)c1C1CC1)Nc1ncn(Cc2c(F)cccc2Cl)n1. The molecular weight excluding hydrogens is 489 g/mol. The van der Waals surface area contributed by atoms with Crippen molar-refractivity contribution in [1.82, 2.24) is 24.5 Å². The Balaban J connectivity index is 1.45. The van der Waals surface area contributed by atoms with E-state index in [0.717, 1.165) is 12.8 Å². The normalized spacial score (nSPS) is 13.8. The minimum absolute atomic E-state index is 0.000684. The van der Waals surface area contributed by atoms with Gasteiger partial charge in [-0.1, -0.05) is 17.7 Å². The number of aromatic nitrogens is 5. The number of carbonyl (C=O) groups is 1. The number of nitrogens with zero attached hydrogens (tertiary/aromatic N) is 5. The largest absolute Gasteiger partial charge is 0.292 e. The molecule has 0 saturated heterocycles. The highest BCUT2D eigenvalue weighted by Gasteiger charge is 2.34. The molecule has 1 saturated carbocycles. The van der Waals surface area contributed by atoms with Crippen molar-refractivity contribution >= 4 is 39.4 Å². The lowest BCUT2D eigenvalue weighted by Gasteiger charge is -2.07. The van der Waals surface area contributed by atoms with E-state index >= 15 is 0 Å². The van der Waals surface area contributed by atoms with Gasteiger partial charge in [0.2, 0.25) is 11.9 Å². The Kier molecular flexibility index (Phi) is 5.83. The van der Waals surface area contributed by atoms with Gasteiger partial charge in [0.15, 0.2) is 0 Å². The van der Waals surface area contributed by atoms with Crippen molar-refractivity contribution in [1.29, 1.82) is 0 Å². The van der Waals surface area contributed by atoms with Gasteiger partial charge in [-0.15, -0.1) is 5.10 Å². The van der Waals surface area contributed by atoms with Crippen LogP contribution in [0.4, 0.5) is 19.1 Å². The molecular formula is C18H15BrClF3N6O. The zero-order chi connectivity index (χ0) is 21.4. The number of rotatable bonds is 7. The lowest BCUT2D eigenvalue weighted by atomic mass is 10.2. The summed E-state index contributed by atoms with van der Waals surface area (Å²) in [4.78, 5) is 16.4. The molecule has 30 heavy (non-hydrogen) atoms. The summed E-state index contributed by atoms with van der Waals surface area (Å²) >= 11 is 9.19. The minimum Gasteiger partial charge on any atom is -0.292 e. The molecule has 1 N–H and O–H groups in total. The number of anilines is 1. The fraction of sp³-hybridized carbons (Fsp3) is 0.333. The molecule has 2 aromatic heterocycles. The van der Waals surface area contributed by atoms with Gasteiger partial charge in [-0.05, 0) is 40.9 Å². The van der Waals surface area contributed by atoms with Crippen molar-refractivity contribution in [2.75, 3.05) is 5.32 Å². The van der Waals surface area contributed by atoms with Crippen molar-refractivity contribution in [2.45, 2.75) is 38.3 Å². The molecule has 0 aliphatic heterocycles. The van der Waals surface area contributed by atoms with E-state index in [1.165, 1.54) is 27.8 Å². The highest BCUT2D eigenvalue weighted by molar-refractivity contribution is 9.10. The van der Waals surface area contributed by atoms with Crippen LogP contribution < -0.4 is 5.32 Å². The molecule has 0 radical (unpaired) electrons. The first-order valence-corrected chi connectivity index (χ1v) is 10.2. The summed E-state index contributed by atoms with van der Waals surface area (Å²) in [7, 11) is 0. The summed E-state index contributed by atoms with van der Waals surface area (Å²) in [6, 6.07) is 4.35. The van der Waals surface area contributed by atoms with E-state index < -0.39 is 18.1 Å². The molecule has 3 aromatic rings. The molecule has 4 rings (SSSR count). The van der Waals surface area contributed by atoms with Gasteiger partial charge in [0.1, 0.15) is 24.4 Å². The number of halogens is 5. The van der Waals surface area contributed by atoms with E-state index in [9.17, 15) is 18.0 Å². The number of carbonyl (C=O) groups excluding carboxylic acids is 1. The Bertz CT molecular complexity index is 1080. The maximum atomic E-state index is 13.9. The minimum atomic E-state index is -2.75. The predicted molar refractivity (Wildman–Crippen MR) is 106 cm³/mol. The zero-order valence-corrected chi connectivity index (χ0v) is 17.7. The fourth-order valence-corrected chi connectivity index (χ4v) is 4.06. The maximum Gasteiger partial charge on any atom is 0.283 e. The molecule has 1 amide bonds. The number of amides is 1. The quantitative estimate of drug-likeness (QED) is 0.514. The third-order valence-electron chi connectivity index (χ3n) is 4.59. The molecule has 0 spiro atoms. The van der Waals surface area contributed by atoms with Crippen LogP contribution in [0.25, 0.3) is 0 Å². The van der Waals surface area contributed by atoms with Gasteiger partial charge in [0.25, 0.3) is 6.43 Å². The van der Waals surface area contributed by atoms with Gasteiger partial charge in [-0.2, -0.15) is 5.10 Å². The number of hydrogen-bond acceptors (Lipinski definition) is 4. The average Bonchev–Trinajstić information content (AvgIpc) is 3.33. The number of alkyl halides is 2. The summed E-state index contributed by atoms with van der Waals surface area (Å²) in [6.07, 6.45) is 0.301. The first kappa shape index (κ1) is 20.9. The van der Waals surface area contributed by atoms with Gasteiger partial charge in [-0.3, -0.25) is 14.8 Å². The Labute approximate surface area is 182 Å². The second-order valence-corrected chi connectivity index (χ2v) is 8.03. The number of hydrogen-bond donors (Lipinski definition) is 1. The van der Waals surface area contributed by atoms with Crippen molar-refractivity contribution in [3.8, 4) is 0 Å². The lowest BCUT2D eigenvalue weighted by molar-refractivity contribution is -0.117. The van der Waals surface area contributed by atoms with E-state index in [4.69, 9.17) is 11.6 Å². The van der Waals surface area contributed by atoms with Crippen LogP contribution in [0.15, 0.2) is 29.0 Å². The molecule has 12 heteroatoms. The van der Waals surface area contributed by atoms with Crippen molar-refractivity contribution in [3.05, 3.63) is 56.8 Å². The van der Waals surface area contributed by atoms with Crippen LogP contribution in [-0.2, 0) is 17.9 Å². The van der Waals surface area contributed by atoms with Crippen LogP contribution in [0, 0.1) is 5.82 Å². The highest BCUT2D eigenvalue weighted by Crippen LogP contribution is 2.45. The first-order chi connectivity index (χ1) is 14.3. The molecule has 2 heterocycles. The van der Waals surface area contributed by atoms with Crippen LogP contribution in [-0.4, -0.2) is 30.5 Å². The smallest absolute Gasteiger partial charge is 0.283 e. The summed E-state index contributed by atoms with van der Waals surface area (Å²) < 4.78 is 43.1. The van der Waals surface area contributed by atoms with Crippen LogP contribution in [0.2, 0.25) is 5.02 Å². The Hall–Kier alpha value is -2.40. The number of nitrogens with one attached hydrogen (secondary N) is 1. The van der Waals surface area contributed by atoms with Crippen LogP contribution >= 0.6 is 27.5 Å². The van der Waals surface area contributed by atoms with Crippen LogP contribution in [0.1, 0.15) is 42.1 Å². The van der Waals surface area contributed by atoms with Gasteiger partial charge < -0.3 is 0 Å². The Morgan fingerprint density at radius 2 is 2.10 bits per heavy atom. The van der Waals surface area contributed by atoms with Crippen molar-refractivity contribution in [2.24, 2.45) is 0 Å². The molecule has 158 valence electrons. The standard InChI is InChI=1S/C18H15BrClF3N6O/c19-14-15(17(22)23)26-29(16(14)9-4-5-9)7-13(30)25-18-24-8-28(27-18)6-10-11(20)2-1-3-12(10)21/h1-3,8-9,17H,4-7H2,(H,25,27,30). The van der Waals surface area contributed by atoms with Crippen molar-refractivity contribution in [3.63, 3.8) is 0 Å². The molecule has 1 aromatic carbocycles. The Morgan fingerprint density at radius 3 is 2.77 bits per heavy atom. The van der Waals surface area contributed by atoms with Crippen molar-refractivity contribution < 1.29 is 18.0 Å². The Morgan fingerprint density at radius 1 is 1.33 bits per heavy atom. The predicted octanol–water partition coefficient (Wildman–Crippen LogP) is 4.53. The van der Waals surface area contributed by atoms with E-state index in [-0.39, 0.29) is 45.7 Å². The summed E-state index contributed by atoms with van der Waals surface area (Å²) in [5.41, 5.74) is 0.457. The molecule has 0 atom stereocenters. The van der Waals surface area contributed by atoms with Gasteiger partial charge >= 0.3 is 0 Å². The van der Waals surface area contributed by atoms with E-state index in [1.54, 1.807) is 6.07 Å². The van der Waals surface area contributed by atoms with E-state index in [1.807, 2.05) is 0 Å². The van der Waals surface area contributed by atoms with E-state index in [2.05, 4.69) is 36.4 Å². The topological polar surface area (TPSA) is 77.6 Å². The molecule has 1 aliphatic carbocycles. The molecule has 0 unspecified atom stereocenters. The fourth-order valence-electron chi connectivity index (χ4n) is 3.05. The second kappa shape index (κ2) is 8.38. The molecule has 1 fully saturated rings. The maximum absolute atomic E-state index is 13.9. The van der Waals surface area contributed by atoms with Gasteiger partial charge in [0.05, 0.1) is 16.7 Å². The molecule has 0 bridgehead atoms. The third-order valence-corrected chi connectivity index (χ3v) is 5.76. The van der Waals surface area contributed by atoms with Gasteiger partial charge in [0, 0.05) is 16.5 Å². The molecule has 7 nitrogen and oxygen atoms in total. The number of benzene rings is 1. The first-order valence-electron chi connectivity index (χ1n) is 9.00. The highest BCUT2D eigenvalue weighted by atomic mass is 79.9. The summed E-state index contributed by atoms with van der Waals surface area (Å²) in [5, 5.41) is 10.7. The second-order valence-electron chi connectivity index (χ2n) is 6.83. The average molecular weight is 504 g/mol. The van der Waals surface area contributed by atoms with Gasteiger partial charge in [-0.25, -0.2) is 22.8 Å². The molecule has 1 aliphatic rings. The van der Waals surface area contributed by atoms with E-state index in [0.29, 0.717) is 5.69 Å². The third kappa shape index (κ3) is 4.36. The zero-order valence-electron chi connectivity index (χ0n) is 15.3.